The Morgan fingerprint density at radius 1 is 1.50 bits per heavy atom. The molecule has 0 saturated carbocycles. The van der Waals surface area contributed by atoms with Crippen LogP contribution >= 0.6 is 11.8 Å². The van der Waals surface area contributed by atoms with Crippen molar-refractivity contribution in [2.24, 2.45) is 0 Å². The van der Waals surface area contributed by atoms with Crippen LogP contribution in [0.25, 0.3) is 0 Å². The van der Waals surface area contributed by atoms with Gasteiger partial charge in [-0.2, -0.15) is 0 Å². The molecular weight excluding hydrogens is 276 g/mol. The van der Waals surface area contributed by atoms with Gasteiger partial charge in [-0.05, 0) is 17.7 Å². The van der Waals surface area contributed by atoms with Crippen molar-refractivity contribution in [3.63, 3.8) is 0 Å². The molecule has 6 heteroatoms. The third-order valence-electron chi connectivity index (χ3n) is 2.95. The first kappa shape index (κ1) is 15.2. The van der Waals surface area contributed by atoms with Crippen molar-refractivity contribution in [2.75, 3.05) is 32.0 Å². The summed E-state index contributed by atoms with van der Waals surface area (Å²) in [6.07, 6.45) is 0. The lowest BCUT2D eigenvalue weighted by atomic mass is 10.2. The molecule has 0 aromatic heterocycles. The lowest BCUT2D eigenvalue weighted by molar-refractivity contribution is -0.122. The molecule has 0 spiro atoms. The smallest absolute Gasteiger partial charge is 0.238 e. The first-order valence-electron chi connectivity index (χ1n) is 6.59. The highest BCUT2D eigenvalue weighted by atomic mass is 32.2. The molecule has 1 aromatic rings. The number of hydrogen-bond donors (Lipinski definition) is 2. The van der Waals surface area contributed by atoms with Crippen molar-refractivity contribution in [1.29, 1.82) is 0 Å². The molecule has 20 heavy (non-hydrogen) atoms. The molecule has 0 bridgehead atoms. The Bertz CT molecular complexity index is 436. The predicted molar refractivity (Wildman–Crippen MR) is 79.9 cm³/mol. The Hall–Kier alpha value is -1.24. The van der Waals surface area contributed by atoms with Crippen LogP contribution < -0.4 is 15.4 Å². The van der Waals surface area contributed by atoms with Gasteiger partial charge in [-0.1, -0.05) is 12.1 Å². The van der Waals surface area contributed by atoms with E-state index in [1.54, 1.807) is 18.9 Å². The van der Waals surface area contributed by atoms with Gasteiger partial charge in [-0.25, -0.2) is 0 Å². The van der Waals surface area contributed by atoms with E-state index in [9.17, 15) is 4.79 Å². The van der Waals surface area contributed by atoms with Crippen LogP contribution in [0.5, 0.6) is 5.75 Å². The number of ether oxygens (including phenoxy) is 2. The summed E-state index contributed by atoms with van der Waals surface area (Å²) in [4.78, 5) is 11.9. The molecule has 1 aromatic carbocycles. The van der Waals surface area contributed by atoms with Crippen molar-refractivity contribution in [2.45, 2.75) is 12.6 Å². The van der Waals surface area contributed by atoms with E-state index in [0.717, 1.165) is 22.9 Å². The number of hydrogen-bond acceptors (Lipinski definition) is 5. The summed E-state index contributed by atoms with van der Waals surface area (Å²) >= 11 is 1.74. The van der Waals surface area contributed by atoms with Crippen LogP contribution in [0.3, 0.4) is 0 Å². The van der Waals surface area contributed by atoms with E-state index in [0.29, 0.717) is 19.8 Å². The van der Waals surface area contributed by atoms with E-state index >= 15 is 0 Å². The number of carbonyl (C=O) groups excluding carboxylic acids is 1. The highest BCUT2D eigenvalue weighted by Crippen LogP contribution is 2.14. The molecule has 1 fully saturated rings. The monoisotopic (exact) mass is 296 g/mol. The summed E-state index contributed by atoms with van der Waals surface area (Å²) in [6.45, 7) is 1.60. The summed E-state index contributed by atoms with van der Waals surface area (Å²) in [7, 11) is 1.64. The van der Waals surface area contributed by atoms with E-state index in [1.807, 2.05) is 24.3 Å². The third kappa shape index (κ3) is 4.70. The Morgan fingerprint density at radius 3 is 3.15 bits per heavy atom. The molecule has 1 aliphatic heterocycles. The Kier molecular flexibility index (Phi) is 6.17. The van der Waals surface area contributed by atoms with Gasteiger partial charge in [0.2, 0.25) is 5.91 Å². The lowest BCUT2D eigenvalue weighted by Crippen LogP contribution is -2.41. The van der Waals surface area contributed by atoms with Gasteiger partial charge in [0, 0.05) is 25.3 Å². The van der Waals surface area contributed by atoms with Gasteiger partial charge < -0.3 is 14.8 Å². The van der Waals surface area contributed by atoms with Gasteiger partial charge in [0.1, 0.15) is 12.4 Å². The number of thioether (sulfide) groups is 1. The quantitative estimate of drug-likeness (QED) is 0.735. The molecule has 1 heterocycles. The molecule has 1 amide bonds. The molecule has 0 radical (unpaired) electrons. The second-order valence-corrected chi connectivity index (χ2v) is 5.51. The standard InChI is InChI=1S/C14H20N2O3S/c1-18-5-6-19-12-4-2-3-11(7-12)8-15-14(17)13-9-20-10-16-13/h2-4,7,13,16H,5-6,8-10H2,1H3,(H,15,17). The Morgan fingerprint density at radius 2 is 2.40 bits per heavy atom. The second kappa shape index (κ2) is 8.14. The topological polar surface area (TPSA) is 59.6 Å². The Balaban J connectivity index is 1.79. The van der Waals surface area contributed by atoms with Crippen molar-refractivity contribution >= 4 is 17.7 Å². The first-order valence-corrected chi connectivity index (χ1v) is 7.74. The molecule has 1 unspecified atom stereocenters. The number of nitrogens with one attached hydrogen (secondary N) is 2. The molecule has 110 valence electrons. The summed E-state index contributed by atoms with van der Waals surface area (Å²) < 4.78 is 10.5. The van der Waals surface area contributed by atoms with Crippen LogP contribution in [0.15, 0.2) is 24.3 Å². The van der Waals surface area contributed by atoms with E-state index in [2.05, 4.69) is 10.6 Å². The summed E-state index contributed by atoms with van der Waals surface area (Å²) in [6, 6.07) is 7.66. The minimum Gasteiger partial charge on any atom is -0.491 e. The summed E-state index contributed by atoms with van der Waals surface area (Å²) in [5, 5.41) is 6.09. The lowest BCUT2D eigenvalue weighted by Gasteiger charge is -2.11. The van der Waals surface area contributed by atoms with Crippen LogP contribution in [-0.2, 0) is 16.1 Å². The van der Waals surface area contributed by atoms with Crippen LogP contribution in [0.1, 0.15) is 5.56 Å². The van der Waals surface area contributed by atoms with Crippen molar-refractivity contribution in [3.05, 3.63) is 29.8 Å². The van der Waals surface area contributed by atoms with Crippen LogP contribution in [-0.4, -0.2) is 43.9 Å². The van der Waals surface area contributed by atoms with Crippen LogP contribution in [0.4, 0.5) is 0 Å². The summed E-state index contributed by atoms with van der Waals surface area (Å²) in [5.41, 5.74) is 1.03. The number of rotatable bonds is 7. The van der Waals surface area contributed by atoms with E-state index < -0.39 is 0 Å². The zero-order chi connectivity index (χ0) is 14.2. The molecule has 2 N–H and O–H groups in total. The maximum atomic E-state index is 11.9. The molecule has 1 atom stereocenters. The zero-order valence-corrected chi connectivity index (χ0v) is 12.4. The maximum Gasteiger partial charge on any atom is 0.238 e. The first-order chi connectivity index (χ1) is 9.79. The third-order valence-corrected chi connectivity index (χ3v) is 3.89. The van der Waals surface area contributed by atoms with Gasteiger partial charge in [-0.3, -0.25) is 10.1 Å². The van der Waals surface area contributed by atoms with Gasteiger partial charge in [0.05, 0.1) is 12.6 Å². The number of benzene rings is 1. The minimum atomic E-state index is -0.0684. The number of amides is 1. The fourth-order valence-electron chi connectivity index (χ4n) is 1.86. The second-order valence-electron chi connectivity index (χ2n) is 4.48. The molecule has 5 nitrogen and oxygen atoms in total. The normalized spacial score (nSPS) is 17.9. The van der Waals surface area contributed by atoms with Crippen molar-refractivity contribution in [1.82, 2.24) is 10.6 Å². The van der Waals surface area contributed by atoms with Crippen LogP contribution in [0.2, 0.25) is 0 Å². The van der Waals surface area contributed by atoms with Gasteiger partial charge in [0.15, 0.2) is 0 Å². The SMILES string of the molecule is COCCOc1cccc(CNC(=O)C2CSCN2)c1. The zero-order valence-electron chi connectivity index (χ0n) is 11.6. The van der Waals surface area contributed by atoms with Crippen molar-refractivity contribution in [3.8, 4) is 5.75 Å². The van der Waals surface area contributed by atoms with E-state index in [-0.39, 0.29) is 11.9 Å². The highest BCUT2D eigenvalue weighted by molar-refractivity contribution is 7.99. The van der Waals surface area contributed by atoms with E-state index in [4.69, 9.17) is 9.47 Å². The molecule has 0 aliphatic carbocycles. The molecule has 1 saturated heterocycles. The number of carbonyl (C=O) groups is 1. The average Bonchev–Trinajstić information content (AvgIpc) is 3.00. The minimum absolute atomic E-state index is 0.0562. The van der Waals surface area contributed by atoms with Crippen LogP contribution in [0, 0.1) is 0 Å². The fourth-order valence-corrected chi connectivity index (χ4v) is 2.81. The Labute approximate surface area is 123 Å². The van der Waals surface area contributed by atoms with Gasteiger partial charge >= 0.3 is 0 Å². The summed E-state index contributed by atoms with van der Waals surface area (Å²) in [5.74, 6) is 2.54. The molecular formula is C14H20N2O3S. The maximum absolute atomic E-state index is 11.9. The largest absolute Gasteiger partial charge is 0.491 e. The van der Waals surface area contributed by atoms with Crippen molar-refractivity contribution < 1.29 is 14.3 Å². The average molecular weight is 296 g/mol. The fraction of sp³-hybridized carbons (Fsp3) is 0.500. The molecule has 1 aliphatic rings. The van der Waals surface area contributed by atoms with Gasteiger partial charge in [-0.15, -0.1) is 11.8 Å². The van der Waals surface area contributed by atoms with Gasteiger partial charge in [0.25, 0.3) is 0 Å². The predicted octanol–water partition coefficient (Wildman–Crippen LogP) is 0.990. The molecule has 2 rings (SSSR count). The highest BCUT2D eigenvalue weighted by Gasteiger charge is 2.21. The number of methoxy groups -OCH3 is 1. The van der Waals surface area contributed by atoms with E-state index in [1.165, 1.54) is 0 Å².